The lowest BCUT2D eigenvalue weighted by Gasteiger charge is -2.22. The van der Waals surface area contributed by atoms with Crippen molar-refractivity contribution in [2.24, 2.45) is 0 Å². The smallest absolute Gasteiger partial charge is 0.261 e. The summed E-state index contributed by atoms with van der Waals surface area (Å²) in [5, 5.41) is 0. The average Bonchev–Trinajstić information content (AvgIpc) is 2.90. The van der Waals surface area contributed by atoms with Crippen LogP contribution in [0, 0.1) is 6.92 Å². The molecule has 1 unspecified atom stereocenters. The molecule has 0 radical (unpaired) electrons. The lowest BCUT2D eigenvalue weighted by Crippen LogP contribution is -2.22. The summed E-state index contributed by atoms with van der Waals surface area (Å²) >= 11 is 0. The van der Waals surface area contributed by atoms with Crippen molar-refractivity contribution in [3.05, 3.63) is 47.2 Å². The largest absolute Gasteiger partial charge is 0.489 e. The SMILES string of the molecule is COc1nc(CCCCCCCCCOC2CCCCO2)c(C)c(OCc2ccccc2)c1OC. The number of rotatable bonds is 16. The second-order valence-corrected chi connectivity index (χ2v) is 9.22. The van der Waals surface area contributed by atoms with E-state index in [2.05, 4.69) is 19.1 Å². The molecule has 1 aliphatic heterocycles. The van der Waals surface area contributed by atoms with Gasteiger partial charge in [0.25, 0.3) is 5.88 Å². The first-order chi connectivity index (χ1) is 17.2. The molecule has 1 atom stereocenters. The van der Waals surface area contributed by atoms with Crippen LogP contribution in [0.4, 0.5) is 0 Å². The zero-order chi connectivity index (χ0) is 24.7. The predicted octanol–water partition coefficient (Wildman–Crippen LogP) is 6.80. The maximum absolute atomic E-state index is 6.20. The monoisotopic (exact) mass is 485 g/mol. The van der Waals surface area contributed by atoms with Gasteiger partial charge in [0.1, 0.15) is 6.61 Å². The predicted molar refractivity (Wildman–Crippen MR) is 138 cm³/mol. The molecule has 1 saturated heterocycles. The number of aromatic nitrogens is 1. The van der Waals surface area contributed by atoms with Gasteiger partial charge in [-0.2, -0.15) is 0 Å². The maximum atomic E-state index is 6.20. The minimum absolute atomic E-state index is 0.0432. The molecule has 1 fully saturated rings. The topological polar surface area (TPSA) is 59.0 Å². The summed E-state index contributed by atoms with van der Waals surface area (Å²) in [4.78, 5) is 4.73. The Labute approximate surface area is 211 Å². The van der Waals surface area contributed by atoms with E-state index < -0.39 is 0 Å². The number of nitrogens with zero attached hydrogens (tertiary/aromatic N) is 1. The normalized spacial score (nSPS) is 15.7. The number of hydrogen-bond acceptors (Lipinski definition) is 6. The third kappa shape index (κ3) is 9.01. The van der Waals surface area contributed by atoms with Crippen LogP contribution in [-0.2, 0) is 22.5 Å². The van der Waals surface area contributed by atoms with Gasteiger partial charge in [0.2, 0.25) is 5.75 Å². The minimum atomic E-state index is 0.0432. The highest BCUT2D eigenvalue weighted by Crippen LogP contribution is 2.40. The molecule has 1 aromatic carbocycles. The van der Waals surface area contributed by atoms with Gasteiger partial charge in [0.15, 0.2) is 12.0 Å². The van der Waals surface area contributed by atoms with Crippen LogP contribution in [0.5, 0.6) is 17.4 Å². The van der Waals surface area contributed by atoms with Gasteiger partial charge in [-0.05, 0) is 51.0 Å². The van der Waals surface area contributed by atoms with E-state index in [4.69, 9.17) is 28.7 Å². The van der Waals surface area contributed by atoms with Crippen LogP contribution in [0.2, 0.25) is 0 Å². The number of hydrogen-bond donors (Lipinski definition) is 0. The van der Waals surface area contributed by atoms with Crippen LogP contribution >= 0.6 is 0 Å². The number of pyridine rings is 1. The second-order valence-electron chi connectivity index (χ2n) is 9.22. The maximum Gasteiger partial charge on any atom is 0.261 e. The highest BCUT2D eigenvalue weighted by atomic mass is 16.7. The Morgan fingerprint density at radius 2 is 1.63 bits per heavy atom. The quantitative estimate of drug-likeness (QED) is 0.244. The number of methoxy groups -OCH3 is 2. The molecule has 6 nitrogen and oxygen atoms in total. The van der Waals surface area contributed by atoms with Crippen molar-refractivity contribution in [1.82, 2.24) is 4.98 Å². The molecule has 0 bridgehead atoms. The van der Waals surface area contributed by atoms with Gasteiger partial charge in [-0.15, -0.1) is 0 Å². The minimum Gasteiger partial charge on any atom is -0.489 e. The molecular formula is C29H43NO5. The van der Waals surface area contributed by atoms with Crippen LogP contribution in [0.15, 0.2) is 30.3 Å². The summed E-state index contributed by atoms with van der Waals surface area (Å²) in [6.45, 7) is 4.21. The van der Waals surface area contributed by atoms with E-state index in [9.17, 15) is 0 Å². The summed E-state index contributed by atoms with van der Waals surface area (Å²) in [5.74, 6) is 1.76. The molecule has 6 heteroatoms. The fraction of sp³-hybridized carbons (Fsp3) is 0.621. The first-order valence-electron chi connectivity index (χ1n) is 13.2. The highest BCUT2D eigenvalue weighted by molar-refractivity contribution is 5.54. The third-order valence-corrected chi connectivity index (χ3v) is 6.53. The van der Waals surface area contributed by atoms with Gasteiger partial charge >= 0.3 is 0 Å². The van der Waals surface area contributed by atoms with E-state index >= 15 is 0 Å². The Balaban J connectivity index is 1.38. The van der Waals surface area contributed by atoms with E-state index in [1.807, 2.05) is 18.2 Å². The molecule has 1 aromatic heterocycles. The summed E-state index contributed by atoms with van der Waals surface area (Å²) in [6.07, 6.45) is 12.8. The van der Waals surface area contributed by atoms with Gasteiger partial charge in [-0.3, -0.25) is 0 Å². The van der Waals surface area contributed by atoms with Crippen LogP contribution < -0.4 is 14.2 Å². The highest BCUT2D eigenvalue weighted by Gasteiger charge is 2.20. The van der Waals surface area contributed by atoms with E-state index in [1.165, 1.54) is 44.9 Å². The fourth-order valence-corrected chi connectivity index (χ4v) is 4.46. The molecular weight excluding hydrogens is 442 g/mol. The Bertz CT molecular complexity index is 852. The summed E-state index contributed by atoms with van der Waals surface area (Å²) in [6, 6.07) is 10.1. The number of unbranched alkanes of at least 4 members (excludes halogenated alkanes) is 6. The molecule has 0 aliphatic carbocycles. The van der Waals surface area contributed by atoms with Crippen LogP contribution in [0.25, 0.3) is 0 Å². The second kappa shape index (κ2) is 15.6. The van der Waals surface area contributed by atoms with Gasteiger partial charge in [-0.25, -0.2) is 4.98 Å². The molecule has 0 N–H and O–H groups in total. The molecule has 35 heavy (non-hydrogen) atoms. The van der Waals surface area contributed by atoms with E-state index in [0.29, 0.717) is 18.2 Å². The van der Waals surface area contributed by atoms with Crippen LogP contribution in [-0.4, -0.2) is 38.7 Å². The van der Waals surface area contributed by atoms with Crippen molar-refractivity contribution >= 4 is 0 Å². The fourth-order valence-electron chi connectivity index (χ4n) is 4.46. The van der Waals surface area contributed by atoms with Gasteiger partial charge in [0.05, 0.1) is 19.9 Å². The molecule has 194 valence electrons. The first-order valence-corrected chi connectivity index (χ1v) is 13.2. The lowest BCUT2D eigenvalue weighted by atomic mass is 10.0. The Morgan fingerprint density at radius 3 is 2.31 bits per heavy atom. The molecule has 0 saturated carbocycles. The van der Waals surface area contributed by atoms with Crippen molar-refractivity contribution in [3.8, 4) is 17.4 Å². The Hall–Kier alpha value is -2.31. The number of benzene rings is 1. The first kappa shape index (κ1) is 27.3. The van der Waals surface area contributed by atoms with E-state index in [1.54, 1.807) is 14.2 Å². The van der Waals surface area contributed by atoms with Gasteiger partial charge in [0, 0.05) is 18.8 Å². The number of ether oxygens (including phenoxy) is 5. The Kier molecular flexibility index (Phi) is 12.2. The van der Waals surface area contributed by atoms with Crippen molar-refractivity contribution in [3.63, 3.8) is 0 Å². The average molecular weight is 486 g/mol. The molecule has 0 spiro atoms. The molecule has 1 aliphatic rings. The molecule has 3 rings (SSSR count). The Morgan fingerprint density at radius 1 is 0.886 bits per heavy atom. The van der Waals surface area contributed by atoms with Gasteiger partial charge < -0.3 is 23.7 Å². The zero-order valence-electron chi connectivity index (χ0n) is 21.9. The lowest BCUT2D eigenvalue weighted by molar-refractivity contribution is -0.162. The molecule has 0 amide bonds. The third-order valence-electron chi connectivity index (χ3n) is 6.53. The van der Waals surface area contributed by atoms with Crippen molar-refractivity contribution in [2.75, 3.05) is 27.4 Å². The number of aryl methyl sites for hydroxylation is 1. The van der Waals surface area contributed by atoms with Crippen molar-refractivity contribution in [1.29, 1.82) is 0 Å². The molecule has 2 aromatic rings. The van der Waals surface area contributed by atoms with Crippen molar-refractivity contribution in [2.45, 2.75) is 90.4 Å². The summed E-state index contributed by atoms with van der Waals surface area (Å²) in [5.41, 5.74) is 3.16. The zero-order valence-corrected chi connectivity index (χ0v) is 21.9. The van der Waals surface area contributed by atoms with Crippen LogP contribution in [0.1, 0.15) is 81.0 Å². The van der Waals surface area contributed by atoms with E-state index in [0.717, 1.165) is 61.5 Å². The van der Waals surface area contributed by atoms with Crippen molar-refractivity contribution < 1.29 is 23.7 Å². The molecule has 2 heterocycles. The summed E-state index contributed by atoms with van der Waals surface area (Å²) < 4.78 is 28.7. The van der Waals surface area contributed by atoms with E-state index in [-0.39, 0.29) is 6.29 Å². The summed E-state index contributed by atoms with van der Waals surface area (Å²) in [7, 11) is 3.25. The standard InChI is InChI=1S/C29H43NO5/c1-23-25(18-12-7-5-4-6-8-14-20-33-26-19-13-15-21-34-26)30-29(32-3)28(31-2)27(23)35-22-24-16-10-9-11-17-24/h9-11,16-17,26H,4-8,12-15,18-22H2,1-3H3. The van der Waals surface area contributed by atoms with Gasteiger partial charge in [-0.1, -0.05) is 62.4 Å². The van der Waals surface area contributed by atoms with Crippen LogP contribution in [0.3, 0.4) is 0 Å².